The number of hydrogen-bond acceptors (Lipinski definition) is 2. The Morgan fingerprint density at radius 1 is 1.13 bits per heavy atom. The van der Waals surface area contributed by atoms with E-state index < -0.39 is 5.97 Å². The molecule has 1 rings (SSSR count). The molecule has 78 valence electrons. The molecule has 0 aliphatic heterocycles. The molecule has 2 nitrogen and oxygen atoms in total. The first-order valence-electron chi connectivity index (χ1n) is 4.36. The lowest BCUT2D eigenvalue weighted by Crippen LogP contribution is -1.90. The Bertz CT molecular complexity index is 326. The minimum absolute atomic E-state index is 0.477. The first kappa shape index (κ1) is 12.9. The van der Waals surface area contributed by atoms with Crippen LogP contribution in [0.3, 0.4) is 0 Å². The molecule has 0 fully saturated rings. The van der Waals surface area contributed by atoms with E-state index in [-0.39, 0.29) is 0 Å². The molecular formula is C13H14O2. The van der Waals surface area contributed by atoms with Gasteiger partial charge in [0.05, 0.1) is 6.26 Å². The van der Waals surface area contributed by atoms with Gasteiger partial charge in [-0.05, 0) is 5.56 Å². The zero-order valence-corrected chi connectivity index (χ0v) is 8.56. The summed E-state index contributed by atoms with van der Waals surface area (Å²) in [7, 11) is 0. The van der Waals surface area contributed by atoms with Crippen LogP contribution in [0.5, 0.6) is 0 Å². The predicted octanol–water partition coefficient (Wildman–Crippen LogP) is 3.19. The maximum atomic E-state index is 10.0. The van der Waals surface area contributed by atoms with Gasteiger partial charge in [0.2, 0.25) is 0 Å². The Hall–Kier alpha value is -2.09. The van der Waals surface area contributed by atoms with Crippen molar-refractivity contribution in [2.45, 2.75) is 0 Å². The van der Waals surface area contributed by atoms with Crippen LogP contribution < -0.4 is 0 Å². The van der Waals surface area contributed by atoms with Crippen LogP contribution in [0.2, 0.25) is 0 Å². The molecule has 0 aliphatic rings. The van der Waals surface area contributed by atoms with Crippen molar-refractivity contribution in [1.82, 2.24) is 0 Å². The maximum Gasteiger partial charge on any atom is 0.334 e. The molecule has 0 atom stereocenters. The molecule has 0 bridgehead atoms. The highest BCUT2D eigenvalue weighted by Crippen LogP contribution is 1.97. The number of rotatable bonds is 3. The predicted molar refractivity (Wildman–Crippen MR) is 63.0 cm³/mol. The van der Waals surface area contributed by atoms with Crippen LogP contribution >= 0.6 is 0 Å². The molecule has 1 aromatic carbocycles. The largest absolute Gasteiger partial charge is 0.432 e. The third kappa shape index (κ3) is 7.02. The molecule has 15 heavy (non-hydrogen) atoms. The Morgan fingerprint density at radius 2 is 1.73 bits per heavy atom. The van der Waals surface area contributed by atoms with Crippen molar-refractivity contribution >= 4 is 12.0 Å². The molecule has 0 saturated heterocycles. The molecule has 0 N–H and O–H groups in total. The average molecular weight is 202 g/mol. The second-order valence-corrected chi connectivity index (χ2v) is 2.42. The fourth-order valence-corrected chi connectivity index (χ4v) is 0.719. The molecule has 2 heteroatoms. The molecule has 0 saturated carbocycles. The van der Waals surface area contributed by atoms with Gasteiger partial charge in [-0.2, -0.15) is 0 Å². The van der Waals surface area contributed by atoms with Crippen LogP contribution in [0.25, 0.3) is 6.08 Å². The summed E-state index contributed by atoms with van der Waals surface area (Å²) >= 11 is 0. The van der Waals surface area contributed by atoms with Crippen LogP contribution in [0, 0.1) is 0 Å². The average Bonchev–Trinajstić information content (AvgIpc) is 2.31. The summed E-state index contributed by atoms with van der Waals surface area (Å²) < 4.78 is 4.20. The molecule has 0 aromatic heterocycles. The van der Waals surface area contributed by atoms with Crippen molar-refractivity contribution in [3.63, 3.8) is 0 Å². The van der Waals surface area contributed by atoms with E-state index in [0.29, 0.717) is 0 Å². The number of carbonyl (C=O) groups excluding carboxylic acids is 1. The lowest BCUT2D eigenvalue weighted by Gasteiger charge is -1.85. The summed E-state index contributed by atoms with van der Waals surface area (Å²) in [6.07, 6.45) is 3.96. The van der Waals surface area contributed by atoms with Gasteiger partial charge < -0.3 is 4.74 Å². The van der Waals surface area contributed by atoms with Gasteiger partial charge in [-0.15, -0.1) is 0 Å². The van der Waals surface area contributed by atoms with Crippen molar-refractivity contribution in [2.24, 2.45) is 0 Å². The van der Waals surface area contributed by atoms with Gasteiger partial charge in [0.1, 0.15) is 0 Å². The molecule has 0 unspecified atom stereocenters. The Balaban J connectivity index is 0.000000265. The quantitative estimate of drug-likeness (QED) is 0.427. The van der Waals surface area contributed by atoms with Gasteiger partial charge in [0, 0.05) is 6.08 Å². The van der Waals surface area contributed by atoms with Crippen molar-refractivity contribution in [3.8, 4) is 0 Å². The number of esters is 1. The third-order valence-corrected chi connectivity index (χ3v) is 1.40. The zero-order chi connectivity index (χ0) is 11.5. The monoisotopic (exact) mass is 202 g/mol. The van der Waals surface area contributed by atoms with E-state index in [1.807, 2.05) is 36.4 Å². The molecule has 0 spiro atoms. The second kappa shape index (κ2) is 8.51. The van der Waals surface area contributed by atoms with E-state index in [0.717, 1.165) is 12.3 Å². The number of carbonyl (C=O) groups is 1. The lowest BCUT2D eigenvalue weighted by atomic mass is 10.2. The first-order chi connectivity index (χ1) is 7.24. The van der Waals surface area contributed by atoms with Gasteiger partial charge in [0.25, 0.3) is 0 Å². The number of benzene rings is 1. The van der Waals surface area contributed by atoms with Crippen LogP contribution in [-0.2, 0) is 9.53 Å². The Labute approximate surface area is 90.2 Å². The number of hydrogen-bond donors (Lipinski definition) is 0. The zero-order valence-electron chi connectivity index (χ0n) is 8.56. The fraction of sp³-hybridized carbons (Fsp3) is 0. The van der Waals surface area contributed by atoms with Gasteiger partial charge in [-0.25, -0.2) is 4.79 Å². The first-order valence-corrected chi connectivity index (χ1v) is 4.36. The molecule has 1 aromatic rings. The van der Waals surface area contributed by atoms with E-state index in [4.69, 9.17) is 0 Å². The topological polar surface area (TPSA) is 26.3 Å². The van der Waals surface area contributed by atoms with Gasteiger partial charge in [-0.1, -0.05) is 56.1 Å². The highest BCUT2D eigenvalue weighted by atomic mass is 16.5. The summed E-state index contributed by atoms with van der Waals surface area (Å²) in [5.74, 6) is -0.477. The van der Waals surface area contributed by atoms with Gasteiger partial charge in [-0.3, -0.25) is 0 Å². The van der Waals surface area contributed by atoms with Gasteiger partial charge in [0.15, 0.2) is 0 Å². The standard InChI is InChI=1S/C8H8.C5H6O2/c1-2-8-6-4-3-5-7-8;1-3-5(6)7-4-2/h2-7H,1H2;3-4H,1-2H2. The summed E-state index contributed by atoms with van der Waals surface area (Å²) in [6, 6.07) is 10.0. The minimum atomic E-state index is -0.477. The smallest absolute Gasteiger partial charge is 0.334 e. The van der Waals surface area contributed by atoms with Gasteiger partial charge >= 0.3 is 5.97 Å². The van der Waals surface area contributed by atoms with E-state index in [1.54, 1.807) is 0 Å². The van der Waals surface area contributed by atoms with Crippen molar-refractivity contribution in [3.05, 3.63) is 68.0 Å². The SMILES string of the molecule is C=COC(=O)C=C.C=Cc1ccccc1. The molecule has 0 heterocycles. The van der Waals surface area contributed by atoms with Crippen molar-refractivity contribution in [1.29, 1.82) is 0 Å². The van der Waals surface area contributed by atoms with E-state index in [9.17, 15) is 4.79 Å². The Morgan fingerprint density at radius 3 is 2.00 bits per heavy atom. The molecule has 0 aliphatic carbocycles. The summed E-state index contributed by atoms with van der Waals surface area (Å²) in [5, 5.41) is 0. The van der Waals surface area contributed by atoms with Crippen LogP contribution in [0.15, 0.2) is 62.4 Å². The minimum Gasteiger partial charge on any atom is -0.432 e. The Kier molecular flexibility index (Phi) is 7.32. The van der Waals surface area contributed by atoms with E-state index in [2.05, 4.69) is 24.5 Å². The van der Waals surface area contributed by atoms with Crippen LogP contribution in [0.4, 0.5) is 0 Å². The summed E-state index contributed by atoms with van der Waals surface area (Å²) in [5.41, 5.74) is 1.17. The normalized spacial score (nSPS) is 7.73. The summed E-state index contributed by atoms with van der Waals surface area (Å²) in [4.78, 5) is 10.0. The number of ether oxygens (including phenoxy) is 1. The molecular weight excluding hydrogens is 188 g/mol. The van der Waals surface area contributed by atoms with E-state index >= 15 is 0 Å². The maximum absolute atomic E-state index is 10.0. The molecule has 0 radical (unpaired) electrons. The van der Waals surface area contributed by atoms with E-state index in [1.165, 1.54) is 5.56 Å². The highest BCUT2D eigenvalue weighted by Gasteiger charge is 1.84. The van der Waals surface area contributed by atoms with Crippen LogP contribution in [0.1, 0.15) is 5.56 Å². The highest BCUT2D eigenvalue weighted by molar-refractivity contribution is 5.81. The third-order valence-electron chi connectivity index (χ3n) is 1.40. The second-order valence-electron chi connectivity index (χ2n) is 2.42. The summed E-state index contributed by atoms with van der Waals surface area (Å²) in [6.45, 7) is 9.95. The lowest BCUT2D eigenvalue weighted by molar-refractivity contribution is -0.132. The fourth-order valence-electron chi connectivity index (χ4n) is 0.719. The molecule has 0 amide bonds. The van der Waals surface area contributed by atoms with Crippen molar-refractivity contribution in [2.75, 3.05) is 0 Å². The van der Waals surface area contributed by atoms with Crippen LogP contribution in [-0.4, -0.2) is 5.97 Å². The van der Waals surface area contributed by atoms with Crippen molar-refractivity contribution < 1.29 is 9.53 Å².